The summed E-state index contributed by atoms with van der Waals surface area (Å²) in [6.45, 7) is 2.85. The summed E-state index contributed by atoms with van der Waals surface area (Å²) in [6.07, 6.45) is 14.2. The number of hydrogen-bond donors (Lipinski definition) is 1. The zero-order valence-corrected chi connectivity index (χ0v) is 14.0. The van der Waals surface area contributed by atoms with Crippen molar-refractivity contribution in [1.82, 2.24) is 10.3 Å². The van der Waals surface area contributed by atoms with Crippen LogP contribution in [0.25, 0.3) is 0 Å². The maximum Gasteiger partial charge on any atom is 0.0720 e. The Bertz CT molecular complexity index is 495. The van der Waals surface area contributed by atoms with Crippen molar-refractivity contribution in [3.8, 4) is 12.8 Å². The largest absolute Gasteiger partial charge is 0.373 e. The van der Waals surface area contributed by atoms with Crippen molar-refractivity contribution in [2.75, 3.05) is 13.1 Å². The van der Waals surface area contributed by atoms with Crippen LogP contribution in [0.5, 0.6) is 0 Å². The van der Waals surface area contributed by atoms with Gasteiger partial charge in [-0.3, -0.25) is 4.98 Å². The van der Waals surface area contributed by atoms with Crippen molar-refractivity contribution in [2.45, 2.75) is 25.6 Å². The van der Waals surface area contributed by atoms with E-state index in [1.54, 1.807) is 12.4 Å². The lowest BCUT2D eigenvalue weighted by Gasteiger charge is -2.22. The summed E-state index contributed by atoms with van der Waals surface area (Å²) in [4.78, 5) is 3.78. The van der Waals surface area contributed by atoms with E-state index in [0.717, 1.165) is 31.0 Å². The van der Waals surface area contributed by atoms with Gasteiger partial charge in [-0.05, 0) is 55.8 Å². The zero-order valence-electron chi connectivity index (χ0n) is 13.2. The van der Waals surface area contributed by atoms with Gasteiger partial charge in [0, 0.05) is 17.4 Å². The molecular weight excluding hydrogens is 308 g/mol. The number of pyridine rings is 1. The molecular formula is C19H23ClN2O. The lowest BCUT2D eigenvalue weighted by atomic mass is 10.1. The van der Waals surface area contributed by atoms with Crippen LogP contribution >= 0.6 is 11.6 Å². The second-order valence-corrected chi connectivity index (χ2v) is 5.35. The molecule has 1 saturated heterocycles. The van der Waals surface area contributed by atoms with Gasteiger partial charge in [0.05, 0.1) is 12.7 Å². The lowest BCUT2D eigenvalue weighted by molar-refractivity contribution is 0.0212. The first-order chi connectivity index (χ1) is 11.3. The molecule has 0 bridgehead atoms. The number of aromatic nitrogens is 1. The molecule has 1 N–H and O–H groups in total. The van der Waals surface area contributed by atoms with Crippen molar-refractivity contribution >= 4 is 11.6 Å². The molecule has 0 amide bonds. The summed E-state index contributed by atoms with van der Waals surface area (Å²) in [5.41, 5.74) is 1.19. The predicted molar refractivity (Wildman–Crippen MR) is 96.3 cm³/mol. The SMILES string of the molecule is C#C.Clc1ccc(COC2CCNCC2)cc1.c1ccncc1. The number of hydrogen-bond acceptors (Lipinski definition) is 3. The summed E-state index contributed by atoms with van der Waals surface area (Å²) < 4.78 is 5.83. The number of ether oxygens (including phenoxy) is 1. The van der Waals surface area contributed by atoms with E-state index in [-0.39, 0.29) is 0 Å². The van der Waals surface area contributed by atoms with Crippen LogP contribution in [-0.4, -0.2) is 24.2 Å². The van der Waals surface area contributed by atoms with Gasteiger partial charge in [-0.25, -0.2) is 0 Å². The average molecular weight is 331 g/mol. The van der Waals surface area contributed by atoms with Crippen LogP contribution in [-0.2, 0) is 11.3 Å². The number of terminal acetylenes is 1. The third kappa shape index (κ3) is 9.00. The van der Waals surface area contributed by atoms with Gasteiger partial charge in [-0.15, -0.1) is 12.8 Å². The zero-order chi connectivity index (χ0) is 16.8. The van der Waals surface area contributed by atoms with Crippen LogP contribution in [0.4, 0.5) is 0 Å². The molecule has 0 radical (unpaired) electrons. The number of nitrogens with zero attached hydrogens (tertiary/aromatic N) is 1. The van der Waals surface area contributed by atoms with Gasteiger partial charge in [-0.2, -0.15) is 0 Å². The smallest absolute Gasteiger partial charge is 0.0720 e. The molecule has 3 rings (SSSR count). The number of halogens is 1. The maximum absolute atomic E-state index is 5.83. The monoisotopic (exact) mass is 330 g/mol. The fourth-order valence-corrected chi connectivity index (χ4v) is 2.20. The molecule has 1 aliphatic heterocycles. The fraction of sp³-hybridized carbons (Fsp3) is 0.316. The number of rotatable bonds is 3. The van der Waals surface area contributed by atoms with Crippen molar-refractivity contribution in [3.05, 3.63) is 65.4 Å². The molecule has 1 aliphatic rings. The van der Waals surface area contributed by atoms with Gasteiger partial charge in [0.25, 0.3) is 0 Å². The highest BCUT2D eigenvalue weighted by Crippen LogP contribution is 2.13. The summed E-state index contributed by atoms with van der Waals surface area (Å²) in [5, 5.41) is 4.10. The Morgan fingerprint density at radius 2 is 1.65 bits per heavy atom. The average Bonchev–Trinajstić information content (AvgIpc) is 2.66. The molecule has 0 atom stereocenters. The minimum absolute atomic E-state index is 0.418. The van der Waals surface area contributed by atoms with Crippen LogP contribution in [0, 0.1) is 12.8 Å². The van der Waals surface area contributed by atoms with Gasteiger partial charge >= 0.3 is 0 Å². The van der Waals surface area contributed by atoms with Crippen molar-refractivity contribution < 1.29 is 4.74 Å². The van der Waals surface area contributed by atoms with Gasteiger partial charge < -0.3 is 10.1 Å². The Morgan fingerprint density at radius 3 is 2.13 bits per heavy atom. The van der Waals surface area contributed by atoms with Crippen LogP contribution in [0.3, 0.4) is 0 Å². The Hall–Kier alpha value is -1.86. The minimum Gasteiger partial charge on any atom is -0.373 e. The van der Waals surface area contributed by atoms with Crippen molar-refractivity contribution in [2.24, 2.45) is 0 Å². The summed E-state index contributed by atoms with van der Waals surface area (Å²) in [6, 6.07) is 13.6. The van der Waals surface area contributed by atoms with E-state index < -0.39 is 0 Å². The maximum atomic E-state index is 5.83. The molecule has 0 aliphatic carbocycles. The minimum atomic E-state index is 0.418. The van der Waals surface area contributed by atoms with E-state index in [1.807, 2.05) is 42.5 Å². The number of piperidine rings is 1. The standard InChI is InChI=1S/C12H16ClNO.C5H5N.C2H2/c13-11-3-1-10(2-4-11)9-15-12-5-7-14-8-6-12;1-2-4-6-5-3-1;1-2/h1-4,12,14H,5-9H2;1-5H;1-2H. The molecule has 2 heterocycles. The molecule has 0 unspecified atom stereocenters. The van der Waals surface area contributed by atoms with E-state index >= 15 is 0 Å². The molecule has 4 heteroatoms. The Kier molecular flexibility index (Phi) is 10.6. The number of nitrogens with one attached hydrogen (secondary N) is 1. The van der Waals surface area contributed by atoms with E-state index in [4.69, 9.17) is 16.3 Å². The highest BCUT2D eigenvalue weighted by molar-refractivity contribution is 6.30. The van der Waals surface area contributed by atoms with Gasteiger partial charge in [0.1, 0.15) is 0 Å². The van der Waals surface area contributed by atoms with E-state index in [2.05, 4.69) is 23.1 Å². The van der Waals surface area contributed by atoms with Gasteiger partial charge in [0.2, 0.25) is 0 Å². The van der Waals surface area contributed by atoms with Crippen LogP contribution < -0.4 is 5.32 Å². The third-order valence-corrected chi connectivity index (χ3v) is 3.50. The highest BCUT2D eigenvalue weighted by Gasteiger charge is 2.12. The fourth-order valence-electron chi connectivity index (χ4n) is 2.07. The Morgan fingerprint density at radius 1 is 1.04 bits per heavy atom. The summed E-state index contributed by atoms with van der Waals surface area (Å²) in [5.74, 6) is 0. The Balaban J connectivity index is 0.000000276. The Labute approximate surface area is 144 Å². The first-order valence-electron chi connectivity index (χ1n) is 7.59. The molecule has 3 nitrogen and oxygen atoms in total. The van der Waals surface area contributed by atoms with Gasteiger partial charge in [-0.1, -0.05) is 29.8 Å². The van der Waals surface area contributed by atoms with E-state index in [1.165, 1.54) is 5.56 Å². The molecule has 0 saturated carbocycles. The normalized spacial score (nSPS) is 13.9. The predicted octanol–water partition coefficient (Wildman–Crippen LogP) is 3.94. The highest BCUT2D eigenvalue weighted by atomic mass is 35.5. The van der Waals surface area contributed by atoms with Crippen LogP contribution in [0.15, 0.2) is 54.9 Å². The lowest BCUT2D eigenvalue weighted by Crippen LogP contribution is -2.32. The quantitative estimate of drug-likeness (QED) is 0.866. The second kappa shape index (κ2) is 12.7. The molecule has 0 spiro atoms. The molecule has 1 aromatic heterocycles. The first kappa shape index (κ1) is 19.2. The number of benzene rings is 1. The topological polar surface area (TPSA) is 34.1 Å². The second-order valence-electron chi connectivity index (χ2n) is 4.91. The summed E-state index contributed by atoms with van der Waals surface area (Å²) >= 11 is 5.81. The van der Waals surface area contributed by atoms with Crippen molar-refractivity contribution in [3.63, 3.8) is 0 Å². The first-order valence-corrected chi connectivity index (χ1v) is 7.97. The van der Waals surface area contributed by atoms with Gasteiger partial charge in [0.15, 0.2) is 0 Å². The molecule has 23 heavy (non-hydrogen) atoms. The molecule has 122 valence electrons. The van der Waals surface area contributed by atoms with Crippen LogP contribution in [0.1, 0.15) is 18.4 Å². The van der Waals surface area contributed by atoms with E-state index in [0.29, 0.717) is 12.7 Å². The van der Waals surface area contributed by atoms with Crippen LogP contribution in [0.2, 0.25) is 5.02 Å². The third-order valence-electron chi connectivity index (χ3n) is 3.25. The summed E-state index contributed by atoms with van der Waals surface area (Å²) in [7, 11) is 0. The molecule has 2 aromatic rings. The van der Waals surface area contributed by atoms with Crippen molar-refractivity contribution in [1.29, 1.82) is 0 Å². The molecule has 1 fully saturated rings. The molecule has 1 aromatic carbocycles. The van der Waals surface area contributed by atoms with E-state index in [9.17, 15) is 0 Å².